The molecule has 0 heterocycles. The van der Waals surface area contributed by atoms with Crippen molar-refractivity contribution in [1.29, 1.82) is 0 Å². The van der Waals surface area contributed by atoms with Crippen molar-refractivity contribution in [3.63, 3.8) is 0 Å². The van der Waals surface area contributed by atoms with Gasteiger partial charge in [0.1, 0.15) is 0 Å². The molecular formula is C12H27N3. The van der Waals surface area contributed by atoms with E-state index in [1.54, 1.807) is 0 Å². The van der Waals surface area contributed by atoms with Gasteiger partial charge in [0.15, 0.2) is 0 Å². The normalized spacial score (nSPS) is 13.5. The van der Waals surface area contributed by atoms with Crippen molar-refractivity contribution in [2.45, 2.75) is 19.9 Å². The highest BCUT2D eigenvalue weighted by molar-refractivity contribution is 5.00. The fraction of sp³-hybridized carbons (Fsp3) is 0.833. The minimum atomic E-state index is 0.582. The monoisotopic (exact) mass is 213 g/mol. The topological polar surface area (TPSA) is 18.5 Å². The molecule has 0 amide bonds. The second-order valence-corrected chi connectivity index (χ2v) is 4.45. The second kappa shape index (κ2) is 7.85. The molecule has 3 nitrogen and oxygen atoms in total. The van der Waals surface area contributed by atoms with Crippen LogP contribution in [0.15, 0.2) is 12.2 Å². The zero-order valence-electron chi connectivity index (χ0n) is 11.0. The van der Waals surface area contributed by atoms with Crippen LogP contribution in [0, 0.1) is 0 Å². The van der Waals surface area contributed by atoms with Crippen molar-refractivity contribution in [3.05, 3.63) is 12.2 Å². The second-order valence-electron chi connectivity index (χ2n) is 4.45. The third-order valence-electron chi connectivity index (χ3n) is 2.51. The zero-order chi connectivity index (χ0) is 11.8. The van der Waals surface area contributed by atoms with Gasteiger partial charge >= 0.3 is 0 Å². The van der Waals surface area contributed by atoms with E-state index in [4.69, 9.17) is 0 Å². The number of rotatable bonds is 8. The molecule has 0 aliphatic rings. The first-order chi connectivity index (χ1) is 7.01. The largest absolute Gasteiger partial charge is 0.316 e. The molecule has 0 rings (SSSR count). The highest BCUT2D eigenvalue weighted by Crippen LogP contribution is 2.03. The molecule has 0 saturated heterocycles. The number of nitrogens with zero attached hydrogens (tertiary/aromatic N) is 2. The summed E-state index contributed by atoms with van der Waals surface area (Å²) in [6, 6.07) is 0.582. The summed E-state index contributed by atoms with van der Waals surface area (Å²) in [6.07, 6.45) is 0. The van der Waals surface area contributed by atoms with Gasteiger partial charge in [-0.2, -0.15) is 0 Å². The minimum Gasteiger partial charge on any atom is -0.316 e. The molecule has 0 fully saturated rings. The lowest BCUT2D eigenvalue weighted by Gasteiger charge is -2.30. The van der Waals surface area contributed by atoms with Crippen LogP contribution < -0.4 is 5.32 Å². The van der Waals surface area contributed by atoms with Crippen LogP contribution in [0.25, 0.3) is 0 Å². The lowest BCUT2D eigenvalue weighted by Crippen LogP contribution is -2.41. The lowest BCUT2D eigenvalue weighted by molar-refractivity contribution is 0.194. The first-order valence-electron chi connectivity index (χ1n) is 5.71. The Morgan fingerprint density at radius 2 is 2.00 bits per heavy atom. The summed E-state index contributed by atoms with van der Waals surface area (Å²) in [5.41, 5.74) is 1.25. The molecule has 15 heavy (non-hydrogen) atoms. The average Bonchev–Trinajstić information content (AvgIpc) is 2.13. The molecule has 0 aliphatic carbocycles. The van der Waals surface area contributed by atoms with E-state index >= 15 is 0 Å². The summed E-state index contributed by atoms with van der Waals surface area (Å²) in [6.45, 7) is 12.6. The van der Waals surface area contributed by atoms with E-state index in [9.17, 15) is 0 Å². The van der Waals surface area contributed by atoms with Gasteiger partial charge in [0, 0.05) is 25.7 Å². The molecule has 0 bridgehead atoms. The SMILES string of the molecule is C=C(CNC)CN(CC)C(C)CN(C)C. The van der Waals surface area contributed by atoms with Crippen LogP contribution in [0.1, 0.15) is 13.8 Å². The summed E-state index contributed by atoms with van der Waals surface area (Å²) in [5, 5.41) is 3.14. The van der Waals surface area contributed by atoms with Crippen LogP contribution in [0.4, 0.5) is 0 Å². The highest BCUT2D eigenvalue weighted by atomic mass is 15.2. The van der Waals surface area contributed by atoms with E-state index in [2.05, 4.69) is 49.6 Å². The predicted molar refractivity (Wildman–Crippen MR) is 68.3 cm³/mol. The van der Waals surface area contributed by atoms with E-state index in [-0.39, 0.29) is 0 Å². The average molecular weight is 213 g/mol. The van der Waals surface area contributed by atoms with Gasteiger partial charge in [-0.05, 0) is 40.2 Å². The third-order valence-corrected chi connectivity index (χ3v) is 2.51. The number of hydrogen-bond acceptors (Lipinski definition) is 3. The molecule has 0 spiro atoms. The number of hydrogen-bond donors (Lipinski definition) is 1. The number of nitrogens with one attached hydrogen (secondary N) is 1. The quantitative estimate of drug-likeness (QED) is 0.608. The summed E-state index contributed by atoms with van der Waals surface area (Å²) >= 11 is 0. The Morgan fingerprint density at radius 3 is 2.40 bits per heavy atom. The Labute approximate surface area is 95.1 Å². The van der Waals surface area contributed by atoms with Crippen molar-refractivity contribution < 1.29 is 0 Å². The Kier molecular flexibility index (Phi) is 7.65. The van der Waals surface area contributed by atoms with E-state index < -0.39 is 0 Å². The van der Waals surface area contributed by atoms with E-state index in [1.807, 2.05) is 7.05 Å². The van der Waals surface area contributed by atoms with E-state index in [1.165, 1.54) is 5.57 Å². The van der Waals surface area contributed by atoms with E-state index in [0.717, 1.165) is 26.2 Å². The summed E-state index contributed by atoms with van der Waals surface area (Å²) in [4.78, 5) is 4.69. The van der Waals surface area contributed by atoms with Crippen LogP contribution in [-0.2, 0) is 0 Å². The molecule has 1 atom stereocenters. The van der Waals surface area contributed by atoms with Crippen LogP contribution in [0.3, 0.4) is 0 Å². The molecule has 0 aromatic rings. The molecule has 1 unspecified atom stereocenters. The van der Waals surface area contributed by atoms with Crippen molar-refractivity contribution in [1.82, 2.24) is 15.1 Å². The Bertz CT molecular complexity index is 178. The maximum atomic E-state index is 4.08. The third kappa shape index (κ3) is 6.66. The molecule has 3 heteroatoms. The van der Waals surface area contributed by atoms with Gasteiger partial charge in [-0.25, -0.2) is 0 Å². The lowest BCUT2D eigenvalue weighted by atomic mass is 10.2. The summed E-state index contributed by atoms with van der Waals surface area (Å²) in [7, 11) is 6.20. The van der Waals surface area contributed by atoms with Gasteiger partial charge < -0.3 is 10.2 Å². The van der Waals surface area contributed by atoms with Crippen LogP contribution in [0.5, 0.6) is 0 Å². The fourth-order valence-electron chi connectivity index (χ4n) is 1.82. The molecule has 1 N–H and O–H groups in total. The first-order valence-corrected chi connectivity index (χ1v) is 5.71. The van der Waals surface area contributed by atoms with E-state index in [0.29, 0.717) is 6.04 Å². The van der Waals surface area contributed by atoms with Gasteiger partial charge in [-0.1, -0.05) is 13.5 Å². The fourth-order valence-corrected chi connectivity index (χ4v) is 1.82. The molecule has 0 aromatic heterocycles. The molecule has 0 aromatic carbocycles. The maximum absolute atomic E-state index is 4.08. The molecule has 0 radical (unpaired) electrons. The van der Waals surface area contributed by atoms with Crippen molar-refractivity contribution in [3.8, 4) is 0 Å². The van der Waals surface area contributed by atoms with Crippen LogP contribution in [-0.4, -0.2) is 63.2 Å². The highest BCUT2D eigenvalue weighted by Gasteiger charge is 2.13. The van der Waals surface area contributed by atoms with Gasteiger partial charge in [-0.15, -0.1) is 0 Å². The van der Waals surface area contributed by atoms with Gasteiger partial charge in [-0.3, -0.25) is 4.90 Å². The Balaban J connectivity index is 4.05. The van der Waals surface area contributed by atoms with Crippen molar-refractivity contribution in [2.75, 3.05) is 47.3 Å². The zero-order valence-corrected chi connectivity index (χ0v) is 11.0. The molecule has 0 saturated carbocycles. The van der Waals surface area contributed by atoms with Gasteiger partial charge in [0.2, 0.25) is 0 Å². The van der Waals surface area contributed by atoms with Gasteiger partial charge in [0.25, 0.3) is 0 Å². The first kappa shape index (κ1) is 14.6. The van der Waals surface area contributed by atoms with Crippen molar-refractivity contribution in [2.24, 2.45) is 0 Å². The van der Waals surface area contributed by atoms with Gasteiger partial charge in [0.05, 0.1) is 0 Å². The Morgan fingerprint density at radius 1 is 1.40 bits per heavy atom. The van der Waals surface area contributed by atoms with Crippen LogP contribution in [0.2, 0.25) is 0 Å². The molecular weight excluding hydrogens is 186 g/mol. The predicted octanol–water partition coefficient (Wildman–Crippen LogP) is 1.03. The Hall–Kier alpha value is -0.380. The summed E-state index contributed by atoms with van der Waals surface area (Å²) in [5.74, 6) is 0. The van der Waals surface area contributed by atoms with Crippen LogP contribution >= 0.6 is 0 Å². The number of likely N-dealkylation sites (N-methyl/N-ethyl adjacent to an activating group) is 3. The smallest absolute Gasteiger partial charge is 0.0206 e. The minimum absolute atomic E-state index is 0.582. The summed E-state index contributed by atoms with van der Waals surface area (Å²) < 4.78 is 0. The maximum Gasteiger partial charge on any atom is 0.0206 e. The van der Waals surface area contributed by atoms with Crippen molar-refractivity contribution >= 4 is 0 Å². The standard InChI is InChI=1S/C12H27N3/c1-7-15(9-11(2)8-13-4)12(3)10-14(5)6/h12-13H,2,7-10H2,1,3-6H3. The molecule has 90 valence electrons. The molecule has 0 aliphatic heterocycles.